The second-order valence-corrected chi connectivity index (χ2v) is 5.47. The summed E-state index contributed by atoms with van der Waals surface area (Å²) in [6.45, 7) is 2.59. The molecule has 1 aliphatic heterocycles. The molecule has 1 unspecified atom stereocenters. The highest BCUT2D eigenvalue weighted by atomic mass is 16.5. The smallest absolute Gasteiger partial charge is 0.319 e. The Morgan fingerprint density at radius 2 is 2.09 bits per heavy atom. The van der Waals surface area contributed by atoms with Gasteiger partial charge >= 0.3 is 6.03 Å². The molecule has 1 aliphatic rings. The molecular weight excluding hydrogens is 276 g/mol. The van der Waals surface area contributed by atoms with Gasteiger partial charge in [-0.3, -0.25) is 0 Å². The van der Waals surface area contributed by atoms with Crippen LogP contribution in [0.2, 0.25) is 0 Å². The van der Waals surface area contributed by atoms with Crippen molar-refractivity contribution in [1.29, 1.82) is 0 Å². The number of urea groups is 1. The van der Waals surface area contributed by atoms with Crippen molar-refractivity contribution in [3.05, 3.63) is 59.7 Å². The summed E-state index contributed by atoms with van der Waals surface area (Å²) in [7, 11) is 0. The third-order valence-electron chi connectivity index (χ3n) is 3.81. The van der Waals surface area contributed by atoms with Crippen LogP contribution in [0.4, 0.5) is 10.5 Å². The van der Waals surface area contributed by atoms with Crippen LogP contribution in [-0.2, 0) is 12.8 Å². The molecule has 4 heteroatoms. The Labute approximate surface area is 130 Å². The molecule has 1 atom stereocenters. The standard InChI is InChI=1S/C18H20N2O2/c1-2-13-6-5-8-15(10-13)19-18(21)20-16-11-14-7-3-4-9-17(14)22-12-16/h3-10,16H,2,11-12H2,1H3,(H2,19,20,21). The Hall–Kier alpha value is -2.49. The first-order valence-corrected chi connectivity index (χ1v) is 7.62. The lowest BCUT2D eigenvalue weighted by Crippen LogP contribution is -2.44. The molecule has 2 aromatic carbocycles. The zero-order valence-electron chi connectivity index (χ0n) is 12.6. The second kappa shape index (κ2) is 6.52. The van der Waals surface area contributed by atoms with Crippen molar-refractivity contribution in [3.8, 4) is 5.75 Å². The number of benzene rings is 2. The van der Waals surface area contributed by atoms with E-state index in [1.807, 2.05) is 42.5 Å². The lowest BCUT2D eigenvalue weighted by atomic mass is 10.0. The maximum absolute atomic E-state index is 12.1. The van der Waals surface area contributed by atoms with E-state index in [-0.39, 0.29) is 12.1 Å². The van der Waals surface area contributed by atoms with Crippen LogP contribution in [0.15, 0.2) is 48.5 Å². The summed E-state index contributed by atoms with van der Waals surface area (Å²) in [5, 5.41) is 5.85. The summed E-state index contributed by atoms with van der Waals surface area (Å²) >= 11 is 0. The largest absolute Gasteiger partial charge is 0.491 e. The quantitative estimate of drug-likeness (QED) is 0.912. The van der Waals surface area contributed by atoms with Gasteiger partial charge in [0.1, 0.15) is 12.4 Å². The van der Waals surface area contributed by atoms with E-state index >= 15 is 0 Å². The van der Waals surface area contributed by atoms with E-state index in [1.54, 1.807) is 0 Å². The summed E-state index contributed by atoms with van der Waals surface area (Å²) in [5.74, 6) is 0.914. The molecule has 0 saturated carbocycles. The molecule has 0 fully saturated rings. The maximum atomic E-state index is 12.1. The predicted octanol–water partition coefficient (Wildman–Crippen LogP) is 3.37. The van der Waals surface area contributed by atoms with E-state index < -0.39 is 0 Å². The van der Waals surface area contributed by atoms with Crippen LogP contribution in [0.3, 0.4) is 0 Å². The van der Waals surface area contributed by atoms with Crippen LogP contribution in [0.5, 0.6) is 5.75 Å². The molecule has 4 nitrogen and oxygen atoms in total. The molecule has 0 bridgehead atoms. The van der Waals surface area contributed by atoms with Gasteiger partial charge in [-0.15, -0.1) is 0 Å². The summed E-state index contributed by atoms with van der Waals surface area (Å²) in [6, 6.07) is 15.6. The monoisotopic (exact) mass is 296 g/mol. The van der Waals surface area contributed by atoms with Crippen LogP contribution in [0.1, 0.15) is 18.1 Å². The summed E-state index contributed by atoms with van der Waals surface area (Å²) in [5.41, 5.74) is 3.15. The third kappa shape index (κ3) is 3.39. The van der Waals surface area contributed by atoms with Gasteiger partial charge in [-0.1, -0.05) is 37.3 Å². The number of amides is 2. The van der Waals surface area contributed by atoms with Gasteiger partial charge in [-0.05, 0) is 42.2 Å². The zero-order chi connectivity index (χ0) is 15.4. The van der Waals surface area contributed by atoms with Gasteiger partial charge in [-0.2, -0.15) is 0 Å². The lowest BCUT2D eigenvalue weighted by Gasteiger charge is -2.26. The molecule has 2 amide bonds. The zero-order valence-corrected chi connectivity index (χ0v) is 12.6. The minimum Gasteiger partial charge on any atom is -0.491 e. The number of hydrogen-bond acceptors (Lipinski definition) is 2. The fraction of sp³-hybridized carbons (Fsp3) is 0.278. The van der Waals surface area contributed by atoms with Crippen LogP contribution < -0.4 is 15.4 Å². The van der Waals surface area contributed by atoms with Crippen molar-refractivity contribution in [2.75, 3.05) is 11.9 Å². The van der Waals surface area contributed by atoms with Crippen molar-refractivity contribution >= 4 is 11.7 Å². The van der Waals surface area contributed by atoms with E-state index in [0.717, 1.165) is 29.8 Å². The number of hydrogen-bond donors (Lipinski definition) is 2. The summed E-state index contributed by atoms with van der Waals surface area (Å²) in [6.07, 6.45) is 1.74. The Morgan fingerprint density at radius 3 is 2.95 bits per heavy atom. The molecule has 0 spiro atoms. The molecule has 2 aromatic rings. The Morgan fingerprint density at radius 1 is 1.23 bits per heavy atom. The number of para-hydroxylation sites is 1. The van der Waals surface area contributed by atoms with Gasteiger partial charge in [0.25, 0.3) is 0 Å². The molecule has 22 heavy (non-hydrogen) atoms. The Balaban J connectivity index is 1.58. The van der Waals surface area contributed by atoms with Gasteiger partial charge in [0.15, 0.2) is 0 Å². The van der Waals surface area contributed by atoms with Gasteiger partial charge in [0.2, 0.25) is 0 Å². The molecule has 1 heterocycles. The third-order valence-corrected chi connectivity index (χ3v) is 3.81. The highest BCUT2D eigenvalue weighted by Crippen LogP contribution is 2.23. The van der Waals surface area contributed by atoms with Crippen molar-refractivity contribution in [2.45, 2.75) is 25.8 Å². The van der Waals surface area contributed by atoms with Crippen LogP contribution >= 0.6 is 0 Å². The minimum atomic E-state index is -0.193. The van der Waals surface area contributed by atoms with Crippen LogP contribution in [-0.4, -0.2) is 18.7 Å². The SMILES string of the molecule is CCc1cccc(NC(=O)NC2COc3ccccc3C2)c1. The average Bonchev–Trinajstić information content (AvgIpc) is 2.55. The number of rotatable bonds is 3. The highest BCUT2D eigenvalue weighted by Gasteiger charge is 2.20. The van der Waals surface area contributed by atoms with Crippen LogP contribution in [0.25, 0.3) is 0 Å². The normalized spacial score (nSPS) is 16.3. The number of carbonyl (C=O) groups is 1. The molecule has 0 aromatic heterocycles. The number of ether oxygens (including phenoxy) is 1. The molecule has 0 radical (unpaired) electrons. The molecule has 0 aliphatic carbocycles. The average molecular weight is 296 g/mol. The minimum absolute atomic E-state index is 0.00995. The molecule has 3 rings (SSSR count). The van der Waals surface area contributed by atoms with Crippen molar-refractivity contribution in [3.63, 3.8) is 0 Å². The first-order chi connectivity index (χ1) is 10.7. The van der Waals surface area contributed by atoms with E-state index in [0.29, 0.717) is 6.61 Å². The summed E-state index contributed by atoms with van der Waals surface area (Å²) < 4.78 is 5.68. The van der Waals surface area contributed by atoms with Crippen LogP contribution in [0, 0.1) is 0 Å². The number of fused-ring (bicyclic) bond motifs is 1. The second-order valence-electron chi connectivity index (χ2n) is 5.47. The molecule has 114 valence electrons. The van der Waals surface area contributed by atoms with E-state index in [9.17, 15) is 4.79 Å². The maximum Gasteiger partial charge on any atom is 0.319 e. The van der Waals surface area contributed by atoms with E-state index in [1.165, 1.54) is 5.56 Å². The topological polar surface area (TPSA) is 50.4 Å². The van der Waals surface area contributed by atoms with Crippen molar-refractivity contribution in [1.82, 2.24) is 5.32 Å². The van der Waals surface area contributed by atoms with E-state index in [4.69, 9.17) is 4.74 Å². The van der Waals surface area contributed by atoms with Crippen molar-refractivity contribution in [2.24, 2.45) is 0 Å². The lowest BCUT2D eigenvalue weighted by molar-refractivity contribution is 0.222. The Kier molecular flexibility index (Phi) is 4.28. The van der Waals surface area contributed by atoms with Gasteiger partial charge in [0.05, 0.1) is 6.04 Å². The predicted molar refractivity (Wildman–Crippen MR) is 87.4 cm³/mol. The van der Waals surface area contributed by atoms with Crippen molar-refractivity contribution < 1.29 is 9.53 Å². The molecule has 0 saturated heterocycles. The molecular formula is C18H20N2O2. The summed E-state index contributed by atoms with van der Waals surface area (Å²) in [4.78, 5) is 12.1. The highest BCUT2D eigenvalue weighted by molar-refractivity contribution is 5.89. The number of aryl methyl sites for hydroxylation is 1. The Bertz CT molecular complexity index is 670. The fourth-order valence-electron chi connectivity index (χ4n) is 2.64. The first-order valence-electron chi connectivity index (χ1n) is 7.62. The van der Waals surface area contributed by atoms with Gasteiger partial charge < -0.3 is 15.4 Å². The van der Waals surface area contributed by atoms with E-state index in [2.05, 4.69) is 23.6 Å². The number of nitrogens with one attached hydrogen (secondary N) is 2. The fourth-order valence-corrected chi connectivity index (χ4v) is 2.64. The van der Waals surface area contributed by atoms with Gasteiger partial charge in [-0.25, -0.2) is 4.79 Å². The molecule has 2 N–H and O–H groups in total. The number of anilines is 1. The number of carbonyl (C=O) groups excluding carboxylic acids is 1. The first kappa shape index (κ1) is 14.4. The van der Waals surface area contributed by atoms with Gasteiger partial charge in [0, 0.05) is 5.69 Å².